The topological polar surface area (TPSA) is 76.9 Å². The van der Waals surface area contributed by atoms with Gasteiger partial charge in [-0.2, -0.15) is 0 Å². The Morgan fingerprint density at radius 2 is 1.95 bits per heavy atom. The minimum absolute atomic E-state index is 0.0214. The average molecular weight is 272 g/mol. The van der Waals surface area contributed by atoms with Gasteiger partial charge in [-0.1, -0.05) is 22.9 Å². The fourth-order valence-electron chi connectivity index (χ4n) is 2.15. The predicted molar refractivity (Wildman–Crippen MR) is 74.7 cm³/mol. The quantitative estimate of drug-likeness (QED) is 0.859. The first-order valence-electron chi connectivity index (χ1n) is 6.22. The summed E-state index contributed by atoms with van der Waals surface area (Å²) in [6.45, 7) is 5.95. The predicted octanol–water partition coefficient (Wildman–Crippen LogP) is 1.65. The van der Waals surface area contributed by atoms with Crippen LogP contribution < -0.4 is 5.32 Å². The second-order valence-electron chi connectivity index (χ2n) is 4.78. The van der Waals surface area contributed by atoms with Gasteiger partial charge in [0.1, 0.15) is 12.2 Å². The van der Waals surface area contributed by atoms with Crippen LogP contribution in [0, 0.1) is 20.8 Å². The Kier molecular flexibility index (Phi) is 3.93. The molecule has 0 saturated heterocycles. The van der Waals surface area contributed by atoms with E-state index in [1.165, 1.54) is 10.9 Å². The van der Waals surface area contributed by atoms with Crippen molar-refractivity contribution in [1.82, 2.24) is 15.0 Å². The van der Waals surface area contributed by atoms with Crippen LogP contribution in [0.2, 0.25) is 0 Å². The van der Waals surface area contributed by atoms with Crippen molar-refractivity contribution in [2.45, 2.75) is 27.3 Å². The minimum Gasteiger partial charge on any atom is -0.324 e. The Morgan fingerprint density at radius 1 is 1.30 bits per heavy atom. The molecule has 0 radical (unpaired) electrons. The molecule has 1 heterocycles. The lowest BCUT2D eigenvalue weighted by molar-refractivity contribution is -0.116. The van der Waals surface area contributed by atoms with Gasteiger partial charge in [0.2, 0.25) is 5.91 Å². The lowest BCUT2D eigenvalue weighted by Gasteiger charge is -2.12. The molecule has 0 spiro atoms. The van der Waals surface area contributed by atoms with Crippen molar-refractivity contribution in [1.29, 1.82) is 0 Å². The maximum Gasteiger partial charge on any atom is 0.246 e. The number of benzene rings is 1. The first-order chi connectivity index (χ1) is 9.49. The highest BCUT2D eigenvalue weighted by atomic mass is 16.2. The van der Waals surface area contributed by atoms with Crippen molar-refractivity contribution in [2.24, 2.45) is 0 Å². The second kappa shape index (κ2) is 5.64. The second-order valence-corrected chi connectivity index (χ2v) is 4.78. The van der Waals surface area contributed by atoms with Crippen LogP contribution in [0.3, 0.4) is 0 Å². The third-order valence-corrected chi connectivity index (χ3v) is 2.92. The zero-order valence-corrected chi connectivity index (χ0v) is 11.7. The molecule has 1 N–H and O–H groups in total. The highest BCUT2D eigenvalue weighted by molar-refractivity contribution is 5.92. The van der Waals surface area contributed by atoms with Crippen LogP contribution in [0.15, 0.2) is 18.3 Å². The van der Waals surface area contributed by atoms with Gasteiger partial charge in [-0.05, 0) is 31.9 Å². The maximum atomic E-state index is 12.0. The molecule has 0 atom stereocenters. The Balaban J connectivity index is 2.10. The Labute approximate surface area is 116 Å². The largest absolute Gasteiger partial charge is 0.324 e. The van der Waals surface area contributed by atoms with Gasteiger partial charge in [0.15, 0.2) is 6.29 Å². The number of nitrogens with one attached hydrogen (secondary N) is 1. The fraction of sp³-hybridized carbons (Fsp3) is 0.286. The molecule has 6 heteroatoms. The van der Waals surface area contributed by atoms with E-state index in [4.69, 9.17) is 0 Å². The van der Waals surface area contributed by atoms with E-state index in [1.54, 1.807) is 0 Å². The standard InChI is InChI=1S/C14H16N4O2/c1-9-4-10(2)14(11(3)5-9)15-13(20)7-18-6-12(8-19)16-17-18/h4-6,8H,7H2,1-3H3,(H,15,20). The first-order valence-corrected chi connectivity index (χ1v) is 6.22. The molecular weight excluding hydrogens is 256 g/mol. The molecule has 1 aromatic heterocycles. The maximum absolute atomic E-state index is 12.0. The molecule has 20 heavy (non-hydrogen) atoms. The molecule has 2 aromatic rings. The molecule has 0 aliphatic rings. The van der Waals surface area contributed by atoms with Gasteiger partial charge in [-0.15, -0.1) is 5.10 Å². The van der Waals surface area contributed by atoms with E-state index in [0.717, 1.165) is 22.4 Å². The van der Waals surface area contributed by atoms with Gasteiger partial charge in [0, 0.05) is 5.69 Å². The number of aryl methyl sites for hydroxylation is 3. The van der Waals surface area contributed by atoms with Crippen molar-refractivity contribution in [3.05, 3.63) is 40.7 Å². The molecule has 0 bridgehead atoms. The lowest BCUT2D eigenvalue weighted by Crippen LogP contribution is -2.20. The van der Waals surface area contributed by atoms with Crippen LogP contribution in [0.4, 0.5) is 5.69 Å². The van der Waals surface area contributed by atoms with Crippen molar-refractivity contribution in [2.75, 3.05) is 5.32 Å². The summed E-state index contributed by atoms with van der Waals surface area (Å²) in [5, 5.41) is 10.2. The molecule has 1 aromatic carbocycles. The molecule has 1 amide bonds. The molecule has 0 saturated carbocycles. The summed E-state index contributed by atoms with van der Waals surface area (Å²) in [5.41, 5.74) is 4.22. The fourth-order valence-corrected chi connectivity index (χ4v) is 2.15. The highest BCUT2D eigenvalue weighted by Gasteiger charge is 2.10. The van der Waals surface area contributed by atoms with E-state index in [-0.39, 0.29) is 18.1 Å². The summed E-state index contributed by atoms with van der Waals surface area (Å²) in [6, 6.07) is 4.03. The van der Waals surface area contributed by atoms with Gasteiger partial charge >= 0.3 is 0 Å². The number of hydrogen-bond donors (Lipinski definition) is 1. The number of amides is 1. The minimum atomic E-state index is -0.206. The zero-order chi connectivity index (χ0) is 14.7. The highest BCUT2D eigenvalue weighted by Crippen LogP contribution is 2.21. The molecule has 2 rings (SSSR count). The van der Waals surface area contributed by atoms with Crippen molar-refractivity contribution in [3.63, 3.8) is 0 Å². The molecule has 0 aliphatic carbocycles. The van der Waals surface area contributed by atoms with E-state index >= 15 is 0 Å². The molecular formula is C14H16N4O2. The number of aldehydes is 1. The van der Waals surface area contributed by atoms with Crippen LogP contribution >= 0.6 is 0 Å². The Morgan fingerprint density at radius 3 is 2.50 bits per heavy atom. The number of carbonyl (C=O) groups excluding carboxylic acids is 2. The van der Waals surface area contributed by atoms with Gasteiger partial charge in [0.05, 0.1) is 6.20 Å². The van der Waals surface area contributed by atoms with Gasteiger partial charge in [-0.3, -0.25) is 9.59 Å². The third-order valence-electron chi connectivity index (χ3n) is 2.92. The lowest BCUT2D eigenvalue weighted by atomic mass is 10.1. The zero-order valence-electron chi connectivity index (χ0n) is 11.7. The van der Waals surface area contributed by atoms with Gasteiger partial charge < -0.3 is 5.32 Å². The molecule has 0 aliphatic heterocycles. The first kappa shape index (κ1) is 13.9. The average Bonchev–Trinajstić information content (AvgIpc) is 2.81. The van der Waals surface area contributed by atoms with E-state index in [1.807, 2.05) is 32.9 Å². The Hall–Kier alpha value is -2.50. The Bertz CT molecular complexity index is 638. The summed E-state index contributed by atoms with van der Waals surface area (Å²) in [4.78, 5) is 22.5. The van der Waals surface area contributed by atoms with Crippen LogP contribution in [0.5, 0.6) is 0 Å². The van der Waals surface area contributed by atoms with Crippen LogP contribution in [-0.4, -0.2) is 27.2 Å². The summed E-state index contributed by atoms with van der Waals surface area (Å²) in [6.07, 6.45) is 2.02. The van der Waals surface area contributed by atoms with E-state index in [0.29, 0.717) is 6.29 Å². The van der Waals surface area contributed by atoms with Crippen molar-refractivity contribution in [3.8, 4) is 0 Å². The third kappa shape index (κ3) is 3.09. The smallest absolute Gasteiger partial charge is 0.246 e. The summed E-state index contributed by atoms with van der Waals surface area (Å²) < 4.78 is 1.33. The summed E-state index contributed by atoms with van der Waals surface area (Å²) >= 11 is 0. The van der Waals surface area contributed by atoms with Gasteiger partial charge in [0.25, 0.3) is 0 Å². The number of aromatic nitrogens is 3. The van der Waals surface area contributed by atoms with E-state index in [2.05, 4.69) is 15.6 Å². The molecule has 6 nitrogen and oxygen atoms in total. The number of anilines is 1. The summed E-state index contributed by atoms with van der Waals surface area (Å²) in [7, 11) is 0. The van der Waals surface area contributed by atoms with Gasteiger partial charge in [-0.25, -0.2) is 4.68 Å². The summed E-state index contributed by atoms with van der Waals surface area (Å²) in [5.74, 6) is -0.206. The van der Waals surface area contributed by atoms with Crippen molar-refractivity contribution < 1.29 is 9.59 Å². The van der Waals surface area contributed by atoms with Crippen molar-refractivity contribution >= 4 is 17.9 Å². The number of nitrogens with zero attached hydrogens (tertiary/aromatic N) is 3. The van der Waals surface area contributed by atoms with E-state index < -0.39 is 0 Å². The van der Waals surface area contributed by atoms with Crippen LogP contribution in [0.1, 0.15) is 27.2 Å². The number of rotatable bonds is 4. The monoisotopic (exact) mass is 272 g/mol. The van der Waals surface area contributed by atoms with Crippen LogP contribution in [-0.2, 0) is 11.3 Å². The normalized spacial score (nSPS) is 10.3. The SMILES string of the molecule is Cc1cc(C)c(NC(=O)Cn2cc(C=O)nn2)c(C)c1. The number of hydrogen-bond acceptors (Lipinski definition) is 4. The molecule has 0 unspecified atom stereocenters. The number of carbonyl (C=O) groups is 2. The molecule has 0 fully saturated rings. The van der Waals surface area contributed by atoms with Crippen LogP contribution in [0.25, 0.3) is 0 Å². The van der Waals surface area contributed by atoms with E-state index in [9.17, 15) is 9.59 Å². The molecule has 104 valence electrons.